The van der Waals surface area contributed by atoms with Crippen molar-refractivity contribution in [1.82, 2.24) is 0 Å². The monoisotopic (exact) mass is 451 g/mol. The first-order valence-electron chi connectivity index (χ1n) is 9.32. The van der Waals surface area contributed by atoms with Crippen molar-refractivity contribution >= 4 is 34.8 Å². The second-order valence-electron chi connectivity index (χ2n) is 7.97. The molecule has 2 fully saturated rings. The third-order valence-electron chi connectivity index (χ3n) is 5.75. The molecule has 1 aliphatic carbocycles. The van der Waals surface area contributed by atoms with Gasteiger partial charge in [0.05, 0.1) is 6.07 Å². The van der Waals surface area contributed by atoms with Gasteiger partial charge in [-0.15, -0.1) is 0 Å². The zero-order valence-electron chi connectivity index (χ0n) is 15.9. The van der Waals surface area contributed by atoms with Crippen LogP contribution < -0.4 is 4.74 Å². The van der Waals surface area contributed by atoms with Gasteiger partial charge in [-0.25, -0.2) is 0 Å². The quantitative estimate of drug-likeness (QED) is 0.491. The van der Waals surface area contributed by atoms with E-state index in [1.54, 1.807) is 6.07 Å². The van der Waals surface area contributed by atoms with E-state index in [1.165, 1.54) is 0 Å². The van der Waals surface area contributed by atoms with Gasteiger partial charge in [-0.3, -0.25) is 0 Å². The topological polar surface area (TPSA) is 51.5 Å². The van der Waals surface area contributed by atoms with Crippen LogP contribution in [-0.4, -0.2) is 16.2 Å². The lowest BCUT2D eigenvalue weighted by molar-refractivity contribution is -0.179. The molecule has 0 radical (unpaired) electrons. The van der Waals surface area contributed by atoms with Crippen molar-refractivity contribution in [3.8, 4) is 17.6 Å². The fraction of sp³-hybridized carbons (Fsp3) is 0.409. The number of halogens is 3. The lowest BCUT2D eigenvalue weighted by Crippen LogP contribution is -2.34. The zero-order chi connectivity index (χ0) is 20.8. The van der Waals surface area contributed by atoms with E-state index < -0.39 is 22.3 Å². The Morgan fingerprint density at radius 3 is 2.34 bits per heavy atom. The summed E-state index contributed by atoms with van der Waals surface area (Å²) in [5, 5.41) is 9.73. The van der Waals surface area contributed by atoms with Crippen molar-refractivity contribution in [1.29, 1.82) is 5.26 Å². The first-order valence-corrected chi connectivity index (χ1v) is 10.5. The van der Waals surface area contributed by atoms with Crippen LogP contribution in [0, 0.1) is 28.6 Å². The van der Waals surface area contributed by atoms with Crippen LogP contribution in [0.5, 0.6) is 11.5 Å². The third kappa shape index (κ3) is 4.08. The first-order chi connectivity index (χ1) is 13.7. The summed E-state index contributed by atoms with van der Waals surface area (Å²) in [6, 6.07) is 18.9. The Balaban J connectivity index is 1.50. The summed E-state index contributed by atoms with van der Waals surface area (Å²) < 4.78 is 16.3. The smallest absolute Gasteiger partial charge is 0.216 e. The molecule has 2 aromatic rings. The maximum atomic E-state index is 9.73. The van der Waals surface area contributed by atoms with Crippen molar-refractivity contribution < 1.29 is 14.2 Å². The van der Waals surface area contributed by atoms with Crippen LogP contribution in [0.15, 0.2) is 54.6 Å². The third-order valence-corrected chi connectivity index (χ3v) is 6.39. The summed E-state index contributed by atoms with van der Waals surface area (Å²) in [5.41, 5.74) is 0.604. The molecule has 0 N–H and O–H groups in total. The van der Waals surface area contributed by atoms with E-state index in [0.29, 0.717) is 17.1 Å². The van der Waals surface area contributed by atoms with Gasteiger partial charge in [0.25, 0.3) is 0 Å². The summed E-state index contributed by atoms with van der Waals surface area (Å²) in [7, 11) is 0. The van der Waals surface area contributed by atoms with E-state index in [-0.39, 0.29) is 17.3 Å². The Hall–Kier alpha value is -1.48. The largest absolute Gasteiger partial charge is 0.457 e. The highest BCUT2D eigenvalue weighted by Crippen LogP contribution is 2.70. The molecule has 1 aliphatic heterocycles. The molecule has 1 heterocycles. The van der Waals surface area contributed by atoms with Crippen molar-refractivity contribution in [2.75, 3.05) is 0 Å². The lowest BCUT2D eigenvalue weighted by atomic mass is 10.0. The number of alkyl halides is 3. The lowest BCUT2D eigenvalue weighted by Gasteiger charge is -2.29. The molecule has 152 valence electrons. The van der Waals surface area contributed by atoms with Crippen LogP contribution in [-0.2, 0) is 9.47 Å². The first kappa shape index (κ1) is 20.8. The minimum absolute atomic E-state index is 0.0720. The predicted octanol–water partition coefficient (Wildman–Crippen LogP) is 6.43. The molecule has 1 saturated carbocycles. The number of hydrogen-bond acceptors (Lipinski definition) is 4. The second kappa shape index (κ2) is 7.65. The molecule has 4 rings (SSSR count). The van der Waals surface area contributed by atoms with E-state index >= 15 is 0 Å². The molecule has 5 atom stereocenters. The molecule has 0 aromatic heterocycles. The molecule has 0 unspecified atom stereocenters. The molecule has 7 heteroatoms. The summed E-state index contributed by atoms with van der Waals surface area (Å²) in [5.74, 6) is 1.48. The summed E-state index contributed by atoms with van der Waals surface area (Å²) in [6.45, 7) is 4.20. The standard InChI is InChI=1S/C22H20Cl3NO3/c1-21(2)17-18(21)20(29-19(17)22(23,24)25)28-16(12-26)13-7-6-10-15(11-13)27-14-8-4-3-5-9-14/h3-11,16-20H,1-2H3/t16-,17+,18-,19+,20+/m0/s1. The molecule has 1 saturated heterocycles. The molecular weight excluding hydrogens is 433 g/mol. The van der Waals surface area contributed by atoms with Gasteiger partial charge in [0, 0.05) is 11.8 Å². The Bertz CT molecular complexity index is 923. The summed E-state index contributed by atoms with van der Waals surface area (Å²) in [6.07, 6.45) is -2.01. The number of nitriles is 1. The predicted molar refractivity (Wildman–Crippen MR) is 112 cm³/mol. The van der Waals surface area contributed by atoms with Crippen LogP contribution in [0.2, 0.25) is 0 Å². The Morgan fingerprint density at radius 2 is 1.72 bits per heavy atom. The van der Waals surface area contributed by atoms with Gasteiger partial charge in [-0.05, 0) is 35.2 Å². The Kier molecular flexibility index (Phi) is 5.48. The SMILES string of the molecule is CC1(C)[C@@H]2[C@H](O[C@@H](C#N)c3cccc(Oc4ccccc4)c3)O[C@@H](C(Cl)(Cl)Cl)[C@@H]21. The Morgan fingerprint density at radius 1 is 1.03 bits per heavy atom. The van der Waals surface area contributed by atoms with Gasteiger partial charge in [0.15, 0.2) is 12.4 Å². The highest BCUT2D eigenvalue weighted by Gasteiger charge is 2.73. The van der Waals surface area contributed by atoms with Gasteiger partial charge >= 0.3 is 0 Å². The average molecular weight is 453 g/mol. The fourth-order valence-corrected chi connectivity index (χ4v) is 4.77. The average Bonchev–Trinajstić information content (AvgIpc) is 3.02. The molecule has 2 aromatic carbocycles. The maximum Gasteiger partial charge on any atom is 0.216 e. The van der Waals surface area contributed by atoms with Crippen LogP contribution in [0.25, 0.3) is 0 Å². The molecule has 0 amide bonds. The normalized spacial score (nSPS) is 28.3. The molecule has 4 nitrogen and oxygen atoms in total. The number of rotatable bonds is 5. The molecule has 2 aliphatic rings. The van der Waals surface area contributed by atoms with Gasteiger partial charge in [-0.1, -0.05) is 79.0 Å². The number of nitrogens with zero attached hydrogens (tertiary/aromatic N) is 1. The van der Waals surface area contributed by atoms with E-state index in [1.807, 2.05) is 48.5 Å². The molecular formula is C22H20Cl3NO3. The van der Waals surface area contributed by atoms with Gasteiger partial charge in [0.1, 0.15) is 17.6 Å². The molecule has 0 bridgehead atoms. The van der Waals surface area contributed by atoms with Gasteiger partial charge < -0.3 is 14.2 Å². The summed E-state index contributed by atoms with van der Waals surface area (Å²) >= 11 is 18.3. The van der Waals surface area contributed by atoms with Crippen LogP contribution in [0.1, 0.15) is 25.5 Å². The number of para-hydroxylation sites is 1. The highest BCUT2D eigenvalue weighted by atomic mass is 35.6. The maximum absolute atomic E-state index is 9.73. The zero-order valence-corrected chi connectivity index (χ0v) is 18.2. The minimum Gasteiger partial charge on any atom is -0.457 e. The number of hydrogen-bond donors (Lipinski definition) is 0. The molecule has 29 heavy (non-hydrogen) atoms. The van der Waals surface area contributed by atoms with Gasteiger partial charge in [-0.2, -0.15) is 5.26 Å². The fourth-order valence-electron chi connectivity index (χ4n) is 4.21. The Labute approximate surface area is 185 Å². The number of benzene rings is 2. The van der Waals surface area contributed by atoms with Crippen LogP contribution in [0.4, 0.5) is 0 Å². The van der Waals surface area contributed by atoms with E-state index in [0.717, 1.165) is 0 Å². The van der Waals surface area contributed by atoms with Crippen LogP contribution in [0.3, 0.4) is 0 Å². The van der Waals surface area contributed by atoms with E-state index in [9.17, 15) is 5.26 Å². The van der Waals surface area contributed by atoms with Crippen molar-refractivity contribution in [3.05, 3.63) is 60.2 Å². The van der Waals surface area contributed by atoms with E-state index in [4.69, 9.17) is 49.0 Å². The molecule has 0 spiro atoms. The van der Waals surface area contributed by atoms with Crippen molar-refractivity contribution in [2.45, 2.75) is 36.1 Å². The highest BCUT2D eigenvalue weighted by molar-refractivity contribution is 6.68. The van der Waals surface area contributed by atoms with E-state index in [2.05, 4.69) is 19.9 Å². The van der Waals surface area contributed by atoms with Crippen molar-refractivity contribution in [2.24, 2.45) is 17.3 Å². The van der Waals surface area contributed by atoms with Gasteiger partial charge in [0.2, 0.25) is 3.79 Å². The van der Waals surface area contributed by atoms with Crippen LogP contribution >= 0.6 is 34.8 Å². The second-order valence-corrected chi connectivity index (χ2v) is 10.3. The number of fused-ring (bicyclic) bond motifs is 1. The summed E-state index contributed by atoms with van der Waals surface area (Å²) in [4.78, 5) is 0. The van der Waals surface area contributed by atoms with Crippen molar-refractivity contribution in [3.63, 3.8) is 0 Å². The minimum atomic E-state index is -1.54. The number of ether oxygens (including phenoxy) is 3.